The first-order chi connectivity index (χ1) is 16.1. The Balaban J connectivity index is 1.62. The van der Waals surface area contributed by atoms with E-state index in [-0.39, 0.29) is 11.9 Å². The lowest BCUT2D eigenvalue weighted by Crippen LogP contribution is -2.50. The van der Waals surface area contributed by atoms with Crippen LogP contribution in [-0.2, 0) is 11.3 Å². The van der Waals surface area contributed by atoms with Gasteiger partial charge < -0.3 is 19.9 Å². The first-order valence-electron chi connectivity index (χ1n) is 12.1. The zero-order valence-corrected chi connectivity index (χ0v) is 21.4. The van der Waals surface area contributed by atoms with Gasteiger partial charge in [0.15, 0.2) is 0 Å². The number of benzene rings is 1. The first kappa shape index (κ1) is 24.5. The van der Waals surface area contributed by atoms with Crippen molar-refractivity contribution in [2.24, 2.45) is 11.7 Å². The molecule has 1 aliphatic heterocycles. The minimum absolute atomic E-state index is 0.0207. The number of nitrogens with zero attached hydrogens (tertiary/aromatic N) is 3. The fourth-order valence-corrected chi connectivity index (χ4v) is 6.88. The Labute approximate surface area is 205 Å². The van der Waals surface area contributed by atoms with Crippen molar-refractivity contribution >= 4 is 27.5 Å². The van der Waals surface area contributed by atoms with Crippen molar-refractivity contribution < 1.29 is 9.53 Å². The molecule has 2 atom stereocenters. The number of imidazole rings is 1. The largest absolute Gasteiger partial charge is 0.496 e. The van der Waals surface area contributed by atoms with Crippen LogP contribution in [0.1, 0.15) is 57.3 Å². The predicted molar refractivity (Wildman–Crippen MR) is 138 cm³/mol. The molecule has 1 amide bonds. The van der Waals surface area contributed by atoms with Gasteiger partial charge in [-0.3, -0.25) is 4.79 Å². The van der Waals surface area contributed by atoms with Gasteiger partial charge in [-0.2, -0.15) is 0 Å². The SMILES string of the molecule is CCSSCC(N)C(=O)N1CCn2cc(-c3ccccc3OC)nc2C1CC1CCCCC1. The van der Waals surface area contributed by atoms with Crippen molar-refractivity contribution in [1.29, 1.82) is 0 Å². The van der Waals surface area contributed by atoms with Crippen LogP contribution in [0.4, 0.5) is 0 Å². The number of carbonyl (C=O) groups excluding carboxylic acids is 1. The van der Waals surface area contributed by atoms with E-state index in [1.54, 1.807) is 28.7 Å². The number of nitrogens with two attached hydrogens (primary N) is 1. The lowest BCUT2D eigenvalue weighted by Gasteiger charge is -2.39. The van der Waals surface area contributed by atoms with Crippen LogP contribution in [0.15, 0.2) is 30.5 Å². The second-order valence-corrected chi connectivity index (χ2v) is 11.8. The number of hydrogen-bond donors (Lipinski definition) is 1. The molecule has 8 heteroatoms. The van der Waals surface area contributed by atoms with Gasteiger partial charge in [0.25, 0.3) is 0 Å². The van der Waals surface area contributed by atoms with E-state index in [4.69, 9.17) is 15.5 Å². The highest BCUT2D eigenvalue weighted by atomic mass is 33.1. The van der Waals surface area contributed by atoms with Crippen LogP contribution < -0.4 is 10.5 Å². The third-order valence-corrected chi connectivity index (χ3v) is 9.29. The molecule has 2 unspecified atom stereocenters. The summed E-state index contributed by atoms with van der Waals surface area (Å²) >= 11 is 0. The fraction of sp³-hybridized carbons (Fsp3) is 0.600. The van der Waals surface area contributed by atoms with E-state index in [1.807, 2.05) is 29.2 Å². The number of amides is 1. The first-order valence-corrected chi connectivity index (χ1v) is 14.6. The molecule has 2 aromatic rings. The third kappa shape index (κ3) is 5.72. The third-order valence-electron chi connectivity index (χ3n) is 6.78. The standard InChI is InChI=1S/C25H36N4O2S2/c1-3-32-33-17-20(26)25(30)29-14-13-28-16-21(19-11-7-8-12-23(19)31-2)27-24(28)22(29)15-18-9-5-4-6-10-18/h7-8,11-12,16,18,20,22H,3-6,9-10,13-15,17,26H2,1-2H3. The maximum absolute atomic E-state index is 13.5. The van der Waals surface area contributed by atoms with Crippen LogP contribution in [0, 0.1) is 5.92 Å². The number of ether oxygens (including phenoxy) is 1. The van der Waals surface area contributed by atoms with Gasteiger partial charge in [-0.25, -0.2) is 4.98 Å². The molecule has 0 spiro atoms. The van der Waals surface area contributed by atoms with Crippen molar-refractivity contribution in [2.75, 3.05) is 25.2 Å². The van der Waals surface area contributed by atoms with Gasteiger partial charge in [-0.05, 0) is 24.5 Å². The zero-order chi connectivity index (χ0) is 23.2. The van der Waals surface area contributed by atoms with Crippen molar-refractivity contribution in [3.63, 3.8) is 0 Å². The Morgan fingerprint density at radius 1 is 1.21 bits per heavy atom. The Morgan fingerprint density at radius 3 is 2.76 bits per heavy atom. The Morgan fingerprint density at radius 2 is 2.00 bits per heavy atom. The Kier molecular flexibility index (Phi) is 8.66. The van der Waals surface area contributed by atoms with Crippen LogP contribution in [0.2, 0.25) is 0 Å². The van der Waals surface area contributed by atoms with E-state index in [1.165, 1.54) is 32.1 Å². The van der Waals surface area contributed by atoms with E-state index in [2.05, 4.69) is 17.7 Å². The van der Waals surface area contributed by atoms with Crippen LogP contribution in [0.3, 0.4) is 0 Å². The molecule has 1 aliphatic carbocycles. The van der Waals surface area contributed by atoms with Gasteiger partial charge in [0.1, 0.15) is 11.6 Å². The highest BCUT2D eigenvalue weighted by molar-refractivity contribution is 8.76. The summed E-state index contributed by atoms with van der Waals surface area (Å²) in [4.78, 5) is 20.6. The minimum Gasteiger partial charge on any atom is -0.496 e. The molecule has 0 radical (unpaired) electrons. The molecule has 2 aliphatic rings. The molecular weight excluding hydrogens is 452 g/mol. The summed E-state index contributed by atoms with van der Waals surface area (Å²) in [5, 5.41) is 0. The van der Waals surface area contributed by atoms with E-state index < -0.39 is 6.04 Å². The second kappa shape index (κ2) is 11.7. The summed E-state index contributed by atoms with van der Waals surface area (Å²) < 4.78 is 7.83. The molecule has 1 saturated carbocycles. The van der Waals surface area contributed by atoms with Crippen molar-refractivity contribution in [2.45, 2.75) is 64.1 Å². The molecule has 33 heavy (non-hydrogen) atoms. The molecule has 0 saturated heterocycles. The summed E-state index contributed by atoms with van der Waals surface area (Å²) in [6.45, 7) is 3.55. The number of hydrogen-bond acceptors (Lipinski definition) is 6. The molecule has 4 rings (SSSR count). The second-order valence-electron chi connectivity index (χ2n) is 8.96. The molecule has 2 N–H and O–H groups in total. The molecule has 1 aromatic carbocycles. The molecular formula is C25H36N4O2S2. The van der Waals surface area contributed by atoms with Gasteiger partial charge in [-0.1, -0.05) is 72.7 Å². The number of carbonyl (C=O) groups is 1. The van der Waals surface area contributed by atoms with Gasteiger partial charge in [0.2, 0.25) is 5.91 Å². The molecule has 6 nitrogen and oxygen atoms in total. The number of methoxy groups -OCH3 is 1. The molecule has 0 bridgehead atoms. The maximum atomic E-state index is 13.5. The monoisotopic (exact) mass is 488 g/mol. The Hall–Kier alpha value is -1.64. The zero-order valence-electron chi connectivity index (χ0n) is 19.7. The van der Waals surface area contributed by atoms with Gasteiger partial charge in [0.05, 0.1) is 24.9 Å². The summed E-state index contributed by atoms with van der Waals surface area (Å²) in [5.41, 5.74) is 8.26. The van der Waals surface area contributed by atoms with E-state index in [9.17, 15) is 4.79 Å². The van der Waals surface area contributed by atoms with Crippen molar-refractivity contribution in [1.82, 2.24) is 14.5 Å². The highest BCUT2D eigenvalue weighted by Crippen LogP contribution is 2.39. The van der Waals surface area contributed by atoms with E-state index >= 15 is 0 Å². The number of rotatable bonds is 9. The lowest BCUT2D eigenvalue weighted by molar-refractivity contribution is -0.136. The van der Waals surface area contributed by atoms with Gasteiger partial charge >= 0.3 is 0 Å². The number of aromatic nitrogens is 2. The quantitative estimate of drug-likeness (QED) is 0.389. The summed E-state index contributed by atoms with van der Waals surface area (Å²) in [7, 11) is 5.14. The van der Waals surface area contributed by atoms with Gasteiger partial charge in [0, 0.05) is 36.4 Å². The molecule has 2 heterocycles. The number of para-hydroxylation sites is 1. The average Bonchev–Trinajstić information content (AvgIpc) is 3.29. The van der Waals surface area contributed by atoms with E-state index in [0.29, 0.717) is 18.2 Å². The molecule has 180 valence electrons. The lowest BCUT2D eigenvalue weighted by atomic mass is 9.84. The normalized spacial score (nSPS) is 19.8. The van der Waals surface area contributed by atoms with Crippen LogP contribution >= 0.6 is 21.6 Å². The summed E-state index contributed by atoms with van der Waals surface area (Å²) in [5.74, 6) is 4.17. The Bertz CT molecular complexity index is 929. The van der Waals surface area contributed by atoms with E-state index in [0.717, 1.165) is 41.5 Å². The highest BCUT2D eigenvalue weighted by Gasteiger charge is 2.37. The maximum Gasteiger partial charge on any atom is 0.241 e. The topological polar surface area (TPSA) is 73.4 Å². The smallest absolute Gasteiger partial charge is 0.241 e. The summed E-state index contributed by atoms with van der Waals surface area (Å²) in [6, 6.07) is 7.50. The predicted octanol–water partition coefficient (Wildman–Crippen LogP) is 5.14. The fourth-order valence-electron chi connectivity index (χ4n) is 5.10. The van der Waals surface area contributed by atoms with Crippen LogP contribution in [0.25, 0.3) is 11.3 Å². The van der Waals surface area contributed by atoms with Crippen molar-refractivity contribution in [3.05, 3.63) is 36.3 Å². The molecule has 1 aromatic heterocycles. The average molecular weight is 489 g/mol. The van der Waals surface area contributed by atoms with Crippen LogP contribution in [0.5, 0.6) is 5.75 Å². The van der Waals surface area contributed by atoms with Crippen molar-refractivity contribution in [3.8, 4) is 17.0 Å². The minimum atomic E-state index is -0.474. The molecule has 1 fully saturated rings. The van der Waals surface area contributed by atoms with Crippen LogP contribution in [-0.4, -0.2) is 51.6 Å². The van der Waals surface area contributed by atoms with Gasteiger partial charge in [-0.15, -0.1) is 0 Å². The number of fused-ring (bicyclic) bond motifs is 1. The summed E-state index contributed by atoms with van der Waals surface area (Å²) in [6.07, 6.45) is 9.48.